The molecule has 4 nitrogen and oxygen atoms in total. The minimum Gasteiger partial charge on any atom is -0.496 e. The summed E-state index contributed by atoms with van der Waals surface area (Å²) in [4.78, 5) is 0. The Morgan fingerprint density at radius 1 is 1.38 bits per heavy atom. The molecular weight excluding hydrogens is 206 g/mol. The van der Waals surface area contributed by atoms with Gasteiger partial charge >= 0.3 is 0 Å². The van der Waals surface area contributed by atoms with Gasteiger partial charge in [0.05, 0.1) is 13.7 Å². The van der Waals surface area contributed by atoms with Crippen LogP contribution in [0.25, 0.3) is 0 Å². The molecule has 0 atom stereocenters. The van der Waals surface area contributed by atoms with Crippen molar-refractivity contribution in [1.29, 1.82) is 0 Å². The van der Waals surface area contributed by atoms with Gasteiger partial charge in [0.2, 0.25) is 0 Å². The van der Waals surface area contributed by atoms with Crippen LogP contribution in [0.4, 0.5) is 0 Å². The van der Waals surface area contributed by atoms with Gasteiger partial charge in [-0.25, -0.2) is 0 Å². The molecule has 0 unspecified atom stereocenters. The quantitative estimate of drug-likeness (QED) is 0.822. The molecule has 1 saturated carbocycles. The molecule has 1 heterocycles. The third kappa shape index (κ3) is 1.37. The van der Waals surface area contributed by atoms with Crippen LogP contribution in [-0.4, -0.2) is 13.9 Å². The van der Waals surface area contributed by atoms with Crippen molar-refractivity contribution in [3.63, 3.8) is 0 Å². The Kier molecular flexibility index (Phi) is 2.09. The number of methoxy groups -OCH3 is 1. The third-order valence-electron chi connectivity index (χ3n) is 3.28. The van der Waals surface area contributed by atoms with E-state index in [2.05, 4.69) is 0 Å². The highest BCUT2D eigenvalue weighted by Crippen LogP contribution is 2.50. The molecule has 86 valence electrons. The van der Waals surface area contributed by atoms with Crippen LogP contribution in [-0.2, 0) is 16.9 Å². The van der Waals surface area contributed by atoms with Gasteiger partial charge in [0.15, 0.2) is 6.79 Å². The minimum absolute atomic E-state index is 0.235. The number of ether oxygens (including phenoxy) is 3. The van der Waals surface area contributed by atoms with Gasteiger partial charge in [-0.1, -0.05) is 0 Å². The fourth-order valence-electron chi connectivity index (χ4n) is 2.24. The fourth-order valence-corrected chi connectivity index (χ4v) is 2.24. The van der Waals surface area contributed by atoms with Gasteiger partial charge in [-0.3, -0.25) is 0 Å². The van der Waals surface area contributed by atoms with Crippen LogP contribution >= 0.6 is 0 Å². The van der Waals surface area contributed by atoms with Gasteiger partial charge in [0.25, 0.3) is 0 Å². The highest BCUT2D eigenvalue weighted by Gasteiger charge is 2.44. The standard InChI is InChI=1S/C12H15NO3/c1-14-10-3-2-9-8(6-15-7-16-9)11(10)12(13)4-5-12/h2-3H,4-7,13H2,1H3. The Hall–Kier alpha value is -1.26. The van der Waals surface area contributed by atoms with E-state index in [1.165, 1.54) is 0 Å². The second kappa shape index (κ2) is 3.37. The molecule has 1 aliphatic carbocycles. The first-order chi connectivity index (χ1) is 7.74. The fraction of sp³-hybridized carbons (Fsp3) is 0.500. The Balaban J connectivity index is 2.17. The van der Waals surface area contributed by atoms with E-state index in [1.807, 2.05) is 12.1 Å². The molecule has 1 fully saturated rings. The first-order valence-corrected chi connectivity index (χ1v) is 5.44. The Morgan fingerprint density at radius 2 is 2.19 bits per heavy atom. The normalized spacial score (nSPS) is 20.9. The highest BCUT2D eigenvalue weighted by molar-refractivity contribution is 5.54. The van der Waals surface area contributed by atoms with E-state index in [9.17, 15) is 0 Å². The van der Waals surface area contributed by atoms with Gasteiger partial charge in [0.1, 0.15) is 11.5 Å². The van der Waals surface area contributed by atoms with Crippen molar-refractivity contribution in [2.75, 3.05) is 13.9 Å². The second-order valence-corrected chi connectivity index (χ2v) is 4.39. The number of hydrogen-bond acceptors (Lipinski definition) is 4. The largest absolute Gasteiger partial charge is 0.496 e. The molecule has 1 aromatic carbocycles. The maximum Gasteiger partial charge on any atom is 0.189 e. The monoisotopic (exact) mass is 221 g/mol. The topological polar surface area (TPSA) is 53.7 Å². The van der Waals surface area contributed by atoms with Crippen molar-refractivity contribution in [3.8, 4) is 11.5 Å². The van der Waals surface area contributed by atoms with Gasteiger partial charge in [-0.05, 0) is 25.0 Å². The van der Waals surface area contributed by atoms with Crippen LogP contribution in [0.3, 0.4) is 0 Å². The zero-order chi connectivity index (χ0) is 11.2. The number of benzene rings is 1. The zero-order valence-electron chi connectivity index (χ0n) is 9.29. The predicted octanol–water partition coefficient (Wildman–Crippen LogP) is 1.51. The van der Waals surface area contributed by atoms with E-state index in [1.54, 1.807) is 7.11 Å². The summed E-state index contributed by atoms with van der Waals surface area (Å²) in [5, 5.41) is 0. The molecule has 0 radical (unpaired) electrons. The maximum absolute atomic E-state index is 6.28. The Labute approximate surface area is 94.3 Å². The first kappa shape index (κ1) is 9.93. The molecule has 2 N–H and O–H groups in total. The van der Waals surface area contributed by atoms with E-state index in [0.29, 0.717) is 13.4 Å². The minimum atomic E-state index is -0.235. The van der Waals surface area contributed by atoms with E-state index in [0.717, 1.165) is 35.5 Å². The number of rotatable bonds is 2. The molecule has 0 aromatic heterocycles. The Bertz CT molecular complexity index is 427. The lowest BCUT2D eigenvalue weighted by molar-refractivity contribution is -0.0172. The van der Waals surface area contributed by atoms with Crippen LogP contribution in [0.2, 0.25) is 0 Å². The van der Waals surface area contributed by atoms with Crippen LogP contribution in [0.5, 0.6) is 11.5 Å². The molecule has 3 rings (SSSR count). The summed E-state index contributed by atoms with van der Waals surface area (Å²) < 4.78 is 16.2. The smallest absolute Gasteiger partial charge is 0.189 e. The van der Waals surface area contributed by atoms with Gasteiger partial charge < -0.3 is 19.9 Å². The van der Waals surface area contributed by atoms with Crippen molar-refractivity contribution in [1.82, 2.24) is 0 Å². The summed E-state index contributed by atoms with van der Waals surface area (Å²) in [5.74, 6) is 1.71. The number of fused-ring (bicyclic) bond motifs is 1. The molecular formula is C12H15NO3. The summed E-state index contributed by atoms with van der Waals surface area (Å²) >= 11 is 0. The summed E-state index contributed by atoms with van der Waals surface area (Å²) in [6, 6.07) is 3.85. The van der Waals surface area contributed by atoms with Crippen LogP contribution in [0.15, 0.2) is 12.1 Å². The summed E-state index contributed by atoms with van der Waals surface area (Å²) in [5.41, 5.74) is 8.15. The van der Waals surface area contributed by atoms with E-state index in [4.69, 9.17) is 19.9 Å². The lowest BCUT2D eigenvalue weighted by atomic mass is 9.97. The van der Waals surface area contributed by atoms with Crippen molar-refractivity contribution in [2.24, 2.45) is 5.73 Å². The van der Waals surface area contributed by atoms with Crippen LogP contribution in [0.1, 0.15) is 24.0 Å². The summed E-state index contributed by atoms with van der Waals surface area (Å²) in [6.07, 6.45) is 2.00. The third-order valence-corrected chi connectivity index (χ3v) is 3.28. The number of hydrogen-bond donors (Lipinski definition) is 1. The molecule has 0 spiro atoms. The predicted molar refractivity (Wildman–Crippen MR) is 58.4 cm³/mol. The lowest BCUT2D eigenvalue weighted by Gasteiger charge is -2.25. The molecule has 1 aliphatic heterocycles. The highest BCUT2D eigenvalue weighted by atomic mass is 16.7. The van der Waals surface area contributed by atoms with Gasteiger partial charge in [-0.2, -0.15) is 0 Å². The van der Waals surface area contributed by atoms with Crippen molar-refractivity contribution in [2.45, 2.75) is 25.0 Å². The molecule has 0 saturated heterocycles. The van der Waals surface area contributed by atoms with Gasteiger partial charge in [0, 0.05) is 16.7 Å². The average Bonchev–Trinajstić information content (AvgIpc) is 3.06. The molecule has 1 aromatic rings. The molecule has 0 amide bonds. The van der Waals surface area contributed by atoms with Gasteiger partial charge in [-0.15, -0.1) is 0 Å². The van der Waals surface area contributed by atoms with E-state index >= 15 is 0 Å². The van der Waals surface area contributed by atoms with E-state index in [-0.39, 0.29) is 5.54 Å². The average molecular weight is 221 g/mol. The SMILES string of the molecule is COc1ccc2c(c1C1(N)CC1)COCO2. The first-order valence-electron chi connectivity index (χ1n) is 5.44. The Morgan fingerprint density at radius 3 is 2.88 bits per heavy atom. The van der Waals surface area contributed by atoms with Crippen molar-refractivity contribution < 1.29 is 14.2 Å². The molecule has 16 heavy (non-hydrogen) atoms. The van der Waals surface area contributed by atoms with Crippen LogP contribution < -0.4 is 15.2 Å². The van der Waals surface area contributed by atoms with Crippen LogP contribution in [0, 0.1) is 0 Å². The zero-order valence-corrected chi connectivity index (χ0v) is 9.29. The van der Waals surface area contributed by atoms with Crippen molar-refractivity contribution >= 4 is 0 Å². The molecule has 0 bridgehead atoms. The maximum atomic E-state index is 6.28. The molecule has 4 heteroatoms. The second-order valence-electron chi connectivity index (χ2n) is 4.39. The molecule has 2 aliphatic rings. The lowest BCUT2D eigenvalue weighted by Crippen LogP contribution is -2.24. The van der Waals surface area contributed by atoms with Crippen molar-refractivity contribution in [3.05, 3.63) is 23.3 Å². The number of nitrogens with two attached hydrogens (primary N) is 1. The summed E-state index contributed by atoms with van der Waals surface area (Å²) in [6.45, 7) is 0.872. The summed E-state index contributed by atoms with van der Waals surface area (Å²) in [7, 11) is 1.67. The van der Waals surface area contributed by atoms with E-state index < -0.39 is 0 Å².